The normalized spacial score (nSPS) is 11.3. The number of nitrogens with one attached hydrogen (secondary N) is 1. The lowest BCUT2D eigenvalue weighted by Gasteiger charge is -2.28. The van der Waals surface area contributed by atoms with Crippen LogP contribution in [0.4, 0.5) is 0 Å². The minimum absolute atomic E-state index is 0.141. The number of aliphatic hydroxyl groups excluding tert-OH is 3. The summed E-state index contributed by atoms with van der Waals surface area (Å²) in [5.74, 6) is -0.351. The van der Waals surface area contributed by atoms with Crippen LogP contribution < -0.4 is 5.32 Å². The summed E-state index contributed by atoms with van der Waals surface area (Å²) in [6.07, 6.45) is 0.141. The Bertz CT molecular complexity index is 376. The molecule has 0 aliphatic heterocycles. The number of benzene rings is 1. The summed E-state index contributed by atoms with van der Waals surface area (Å²) in [6, 6.07) is 7.49. The second-order valence-electron chi connectivity index (χ2n) is 4.47. The van der Waals surface area contributed by atoms with Crippen molar-refractivity contribution < 1.29 is 20.1 Å². The number of rotatable bonds is 6. The molecule has 0 saturated heterocycles. The van der Waals surface area contributed by atoms with Gasteiger partial charge in [0.05, 0.1) is 26.2 Å². The largest absolute Gasteiger partial charge is 0.394 e. The molecular formula is C13H19NO4. The monoisotopic (exact) mass is 253 g/mol. The highest BCUT2D eigenvalue weighted by atomic mass is 16.3. The van der Waals surface area contributed by atoms with Gasteiger partial charge < -0.3 is 20.6 Å². The fourth-order valence-electron chi connectivity index (χ4n) is 1.50. The SMILES string of the molecule is Cc1ccc(CC(=O)NC(CO)(CO)CO)cc1. The van der Waals surface area contributed by atoms with Crippen LogP contribution in [0.1, 0.15) is 11.1 Å². The molecule has 0 unspecified atom stereocenters. The molecule has 0 atom stereocenters. The lowest BCUT2D eigenvalue weighted by Crippen LogP contribution is -2.57. The van der Waals surface area contributed by atoms with E-state index in [2.05, 4.69) is 5.32 Å². The molecule has 0 heterocycles. The van der Waals surface area contributed by atoms with Gasteiger partial charge in [-0.2, -0.15) is 0 Å². The van der Waals surface area contributed by atoms with Gasteiger partial charge in [-0.1, -0.05) is 29.8 Å². The van der Waals surface area contributed by atoms with Crippen molar-refractivity contribution in [3.05, 3.63) is 35.4 Å². The predicted octanol–water partition coefficient (Wildman–Crippen LogP) is -0.631. The van der Waals surface area contributed by atoms with E-state index in [1.165, 1.54) is 0 Å². The first-order valence-electron chi connectivity index (χ1n) is 5.74. The summed E-state index contributed by atoms with van der Waals surface area (Å²) in [7, 11) is 0. The van der Waals surface area contributed by atoms with E-state index in [-0.39, 0.29) is 12.3 Å². The van der Waals surface area contributed by atoms with Crippen molar-refractivity contribution in [2.45, 2.75) is 18.9 Å². The molecule has 1 aromatic carbocycles. The molecule has 0 aliphatic carbocycles. The second-order valence-corrected chi connectivity index (χ2v) is 4.47. The van der Waals surface area contributed by atoms with Gasteiger partial charge in [-0.05, 0) is 12.5 Å². The minimum atomic E-state index is -1.36. The lowest BCUT2D eigenvalue weighted by molar-refractivity contribution is -0.124. The highest BCUT2D eigenvalue weighted by Crippen LogP contribution is 2.06. The van der Waals surface area contributed by atoms with Gasteiger partial charge in [0.15, 0.2) is 0 Å². The number of aryl methyl sites for hydroxylation is 1. The average molecular weight is 253 g/mol. The number of carbonyl (C=O) groups is 1. The fourth-order valence-corrected chi connectivity index (χ4v) is 1.50. The Morgan fingerprint density at radius 1 is 1.11 bits per heavy atom. The van der Waals surface area contributed by atoms with Crippen LogP contribution in [0.15, 0.2) is 24.3 Å². The van der Waals surface area contributed by atoms with E-state index in [0.29, 0.717) is 0 Å². The zero-order chi connectivity index (χ0) is 13.6. The molecule has 5 heteroatoms. The minimum Gasteiger partial charge on any atom is -0.394 e. The number of aliphatic hydroxyl groups is 3. The zero-order valence-corrected chi connectivity index (χ0v) is 10.4. The van der Waals surface area contributed by atoms with Crippen LogP contribution in [0.25, 0.3) is 0 Å². The average Bonchev–Trinajstić information content (AvgIpc) is 2.39. The maximum Gasteiger partial charge on any atom is 0.225 e. The molecule has 0 spiro atoms. The van der Waals surface area contributed by atoms with Crippen molar-refractivity contribution in [1.29, 1.82) is 0 Å². The van der Waals surface area contributed by atoms with Gasteiger partial charge in [-0.3, -0.25) is 4.79 Å². The molecule has 0 saturated carbocycles. The van der Waals surface area contributed by atoms with Crippen LogP contribution in [0.5, 0.6) is 0 Å². The molecule has 18 heavy (non-hydrogen) atoms. The van der Waals surface area contributed by atoms with Crippen LogP contribution in [-0.2, 0) is 11.2 Å². The summed E-state index contributed by atoms with van der Waals surface area (Å²) in [4.78, 5) is 11.7. The number of hydrogen-bond acceptors (Lipinski definition) is 4. The molecule has 1 aromatic rings. The van der Waals surface area contributed by atoms with Crippen LogP contribution in [0.3, 0.4) is 0 Å². The van der Waals surface area contributed by atoms with Crippen molar-refractivity contribution in [2.24, 2.45) is 0 Å². The summed E-state index contributed by atoms with van der Waals surface area (Å²) in [5.41, 5.74) is 0.581. The van der Waals surface area contributed by atoms with Crippen LogP contribution in [0.2, 0.25) is 0 Å². The van der Waals surface area contributed by atoms with Crippen molar-refractivity contribution in [3.8, 4) is 0 Å². The van der Waals surface area contributed by atoms with Gasteiger partial charge in [-0.15, -0.1) is 0 Å². The van der Waals surface area contributed by atoms with Crippen molar-refractivity contribution >= 4 is 5.91 Å². The third-order valence-corrected chi connectivity index (χ3v) is 2.80. The fraction of sp³-hybridized carbons (Fsp3) is 0.462. The van der Waals surface area contributed by atoms with E-state index >= 15 is 0 Å². The van der Waals surface area contributed by atoms with E-state index in [1.54, 1.807) is 0 Å². The maximum atomic E-state index is 11.7. The molecule has 1 rings (SSSR count). The van der Waals surface area contributed by atoms with Crippen molar-refractivity contribution in [1.82, 2.24) is 5.32 Å². The summed E-state index contributed by atoms with van der Waals surface area (Å²) < 4.78 is 0. The van der Waals surface area contributed by atoms with E-state index in [4.69, 9.17) is 15.3 Å². The first kappa shape index (κ1) is 14.6. The van der Waals surface area contributed by atoms with Crippen LogP contribution in [0, 0.1) is 6.92 Å². The molecule has 0 aromatic heterocycles. The second kappa shape index (κ2) is 6.49. The Hall–Kier alpha value is -1.43. The standard InChI is InChI=1S/C13H19NO4/c1-10-2-4-11(5-3-10)6-12(18)14-13(7-15,8-16)9-17/h2-5,15-17H,6-9H2,1H3,(H,14,18). The smallest absolute Gasteiger partial charge is 0.225 e. The van der Waals surface area contributed by atoms with Crippen LogP contribution >= 0.6 is 0 Å². The Kier molecular flexibility index (Phi) is 5.27. The van der Waals surface area contributed by atoms with E-state index < -0.39 is 25.4 Å². The van der Waals surface area contributed by atoms with Gasteiger partial charge in [0.1, 0.15) is 5.54 Å². The highest BCUT2D eigenvalue weighted by molar-refractivity contribution is 5.79. The van der Waals surface area contributed by atoms with E-state index in [0.717, 1.165) is 11.1 Å². The third-order valence-electron chi connectivity index (χ3n) is 2.80. The molecule has 0 bridgehead atoms. The molecule has 0 fully saturated rings. The Morgan fingerprint density at radius 3 is 2.06 bits per heavy atom. The number of carbonyl (C=O) groups excluding carboxylic acids is 1. The molecule has 0 radical (unpaired) electrons. The van der Waals surface area contributed by atoms with Gasteiger partial charge >= 0.3 is 0 Å². The molecule has 0 aliphatic rings. The molecular weight excluding hydrogens is 234 g/mol. The van der Waals surface area contributed by atoms with E-state index in [1.807, 2.05) is 31.2 Å². The van der Waals surface area contributed by atoms with Gasteiger partial charge in [-0.25, -0.2) is 0 Å². The quantitative estimate of drug-likeness (QED) is 0.543. The van der Waals surface area contributed by atoms with Gasteiger partial charge in [0, 0.05) is 0 Å². The summed E-state index contributed by atoms with van der Waals surface area (Å²) in [6.45, 7) is 0.414. The first-order chi connectivity index (χ1) is 8.55. The maximum absolute atomic E-state index is 11.7. The highest BCUT2D eigenvalue weighted by Gasteiger charge is 2.29. The molecule has 5 nitrogen and oxygen atoms in total. The van der Waals surface area contributed by atoms with Crippen molar-refractivity contribution in [2.75, 3.05) is 19.8 Å². The number of hydrogen-bond donors (Lipinski definition) is 4. The van der Waals surface area contributed by atoms with Crippen molar-refractivity contribution in [3.63, 3.8) is 0 Å². The predicted molar refractivity (Wildman–Crippen MR) is 67.0 cm³/mol. The lowest BCUT2D eigenvalue weighted by atomic mass is 10.0. The summed E-state index contributed by atoms with van der Waals surface area (Å²) >= 11 is 0. The Labute approximate surface area is 106 Å². The first-order valence-corrected chi connectivity index (χ1v) is 5.74. The van der Waals surface area contributed by atoms with Crippen LogP contribution in [-0.4, -0.2) is 46.6 Å². The van der Waals surface area contributed by atoms with E-state index in [9.17, 15) is 4.79 Å². The molecule has 100 valence electrons. The third kappa shape index (κ3) is 3.80. The van der Waals surface area contributed by atoms with Gasteiger partial charge in [0.25, 0.3) is 0 Å². The Morgan fingerprint density at radius 2 is 1.61 bits per heavy atom. The summed E-state index contributed by atoms with van der Waals surface area (Å²) in [5, 5.41) is 29.7. The Balaban J connectivity index is 2.63. The topological polar surface area (TPSA) is 89.8 Å². The van der Waals surface area contributed by atoms with Gasteiger partial charge in [0.2, 0.25) is 5.91 Å². The molecule has 1 amide bonds. The zero-order valence-electron chi connectivity index (χ0n) is 10.4. The molecule has 4 N–H and O–H groups in total. The number of amides is 1.